The third kappa shape index (κ3) is 3.07. The van der Waals surface area contributed by atoms with Crippen molar-refractivity contribution in [3.8, 4) is 33.8 Å². The molecule has 152 valence electrons. The summed E-state index contributed by atoms with van der Waals surface area (Å²) < 4.78 is 7.30. The Morgan fingerprint density at radius 1 is 0.968 bits per heavy atom. The molecule has 31 heavy (non-hydrogen) atoms. The molecule has 0 aliphatic heterocycles. The molecule has 0 amide bonds. The summed E-state index contributed by atoms with van der Waals surface area (Å²) in [6, 6.07) is 18.2. The standard InChI is InChI=1S/C24H20N6O/c1-14(2)24-28-22(29-31-24)17-11-9-16(10-12-17)20-18(15-7-5-4-6-8-15)19-21(25)26-13-27-23(19)30(20)3/h4-13H,1H2,2-3H3,(H2,25,26,27). The van der Waals surface area contributed by atoms with E-state index in [2.05, 4.69) is 43.4 Å². The summed E-state index contributed by atoms with van der Waals surface area (Å²) >= 11 is 0. The number of nitrogen functional groups attached to an aromatic ring is 1. The average molecular weight is 408 g/mol. The summed E-state index contributed by atoms with van der Waals surface area (Å²) in [4.78, 5) is 13.1. The second kappa shape index (κ2) is 7.21. The molecule has 0 spiro atoms. The van der Waals surface area contributed by atoms with E-state index in [9.17, 15) is 0 Å². The molecule has 3 heterocycles. The van der Waals surface area contributed by atoms with Crippen LogP contribution in [-0.2, 0) is 7.05 Å². The highest BCUT2D eigenvalue weighted by Gasteiger charge is 2.21. The summed E-state index contributed by atoms with van der Waals surface area (Å²) in [6.45, 7) is 5.68. The topological polar surface area (TPSA) is 95.7 Å². The van der Waals surface area contributed by atoms with Crippen LogP contribution < -0.4 is 5.73 Å². The van der Waals surface area contributed by atoms with Gasteiger partial charge in [0.1, 0.15) is 17.8 Å². The quantitative estimate of drug-likeness (QED) is 0.451. The maximum absolute atomic E-state index is 6.28. The average Bonchev–Trinajstić information content (AvgIpc) is 3.39. The zero-order valence-electron chi connectivity index (χ0n) is 17.2. The van der Waals surface area contributed by atoms with Crippen molar-refractivity contribution >= 4 is 22.4 Å². The van der Waals surface area contributed by atoms with E-state index in [1.54, 1.807) is 0 Å². The van der Waals surface area contributed by atoms with Gasteiger partial charge in [-0.3, -0.25) is 0 Å². The van der Waals surface area contributed by atoms with Crippen molar-refractivity contribution < 1.29 is 4.52 Å². The number of benzene rings is 2. The van der Waals surface area contributed by atoms with Crippen LogP contribution in [0, 0.1) is 0 Å². The molecule has 0 aliphatic carbocycles. The van der Waals surface area contributed by atoms with Gasteiger partial charge in [0.15, 0.2) is 0 Å². The summed E-state index contributed by atoms with van der Waals surface area (Å²) in [7, 11) is 1.99. The molecule has 0 atom stereocenters. The molecule has 7 nitrogen and oxygen atoms in total. The molecule has 0 saturated heterocycles. The van der Waals surface area contributed by atoms with E-state index in [1.165, 1.54) is 6.33 Å². The molecule has 5 aromatic rings. The minimum Gasteiger partial charge on any atom is -0.383 e. The Kier molecular flexibility index (Phi) is 4.36. The van der Waals surface area contributed by atoms with Crippen LogP contribution in [0.5, 0.6) is 0 Å². The fourth-order valence-corrected chi connectivity index (χ4v) is 3.79. The van der Waals surface area contributed by atoms with Gasteiger partial charge in [-0.05, 0) is 18.1 Å². The third-order valence-electron chi connectivity index (χ3n) is 5.27. The predicted octanol–water partition coefficient (Wildman–Crippen LogP) is 4.97. The van der Waals surface area contributed by atoms with Crippen molar-refractivity contribution in [1.82, 2.24) is 24.7 Å². The van der Waals surface area contributed by atoms with Crippen LogP contribution >= 0.6 is 0 Å². The van der Waals surface area contributed by atoms with Crippen molar-refractivity contribution in [3.63, 3.8) is 0 Å². The molecule has 0 aliphatic rings. The van der Waals surface area contributed by atoms with Crippen molar-refractivity contribution in [3.05, 3.63) is 73.4 Å². The Bertz CT molecular complexity index is 1410. The van der Waals surface area contributed by atoms with E-state index in [1.807, 2.05) is 56.4 Å². The lowest BCUT2D eigenvalue weighted by atomic mass is 9.98. The highest BCUT2D eigenvalue weighted by atomic mass is 16.5. The minimum absolute atomic E-state index is 0.438. The van der Waals surface area contributed by atoms with Gasteiger partial charge in [0.25, 0.3) is 5.89 Å². The lowest BCUT2D eigenvalue weighted by Gasteiger charge is -2.09. The maximum atomic E-state index is 6.28. The van der Waals surface area contributed by atoms with Crippen LogP contribution in [0.4, 0.5) is 5.82 Å². The van der Waals surface area contributed by atoms with Crippen LogP contribution in [-0.4, -0.2) is 24.7 Å². The number of nitrogens with zero attached hydrogens (tertiary/aromatic N) is 5. The lowest BCUT2D eigenvalue weighted by Crippen LogP contribution is -1.95. The second-order valence-electron chi connectivity index (χ2n) is 7.39. The van der Waals surface area contributed by atoms with Gasteiger partial charge in [-0.15, -0.1) is 0 Å². The Morgan fingerprint density at radius 3 is 2.35 bits per heavy atom. The van der Waals surface area contributed by atoms with Crippen LogP contribution in [0.3, 0.4) is 0 Å². The smallest absolute Gasteiger partial charge is 0.253 e. The number of anilines is 1. The van der Waals surface area contributed by atoms with Gasteiger partial charge in [-0.2, -0.15) is 4.98 Å². The number of rotatable bonds is 4. The lowest BCUT2D eigenvalue weighted by molar-refractivity contribution is 0.408. The molecule has 2 aromatic carbocycles. The van der Waals surface area contributed by atoms with Crippen molar-refractivity contribution in [2.45, 2.75) is 6.92 Å². The first-order valence-electron chi connectivity index (χ1n) is 9.79. The Balaban J connectivity index is 1.69. The van der Waals surface area contributed by atoms with E-state index in [0.29, 0.717) is 17.5 Å². The molecular formula is C24H20N6O. The molecule has 0 saturated carbocycles. The van der Waals surface area contributed by atoms with E-state index in [4.69, 9.17) is 10.3 Å². The van der Waals surface area contributed by atoms with E-state index < -0.39 is 0 Å². The van der Waals surface area contributed by atoms with Crippen LogP contribution in [0.2, 0.25) is 0 Å². The zero-order valence-corrected chi connectivity index (χ0v) is 17.2. The van der Waals surface area contributed by atoms with Gasteiger partial charge in [-0.1, -0.05) is 66.3 Å². The number of hydrogen-bond donors (Lipinski definition) is 1. The van der Waals surface area contributed by atoms with Gasteiger partial charge in [0.05, 0.1) is 11.1 Å². The Hall–Kier alpha value is -4.26. The SMILES string of the molecule is C=C(C)c1nc(-c2ccc(-c3c(-c4ccccc4)c4c(N)ncnc4n3C)cc2)no1. The van der Waals surface area contributed by atoms with Gasteiger partial charge < -0.3 is 14.8 Å². The number of hydrogen-bond acceptors (Lipinski definition) is 6. The number of aryl methyl sites for hydroxylation is 1. The van der Waals surface area contributed by atoms with Gasteiger partial charge in [0.2, 0.25) is 5.82 Å². The second-order valence-corrected chi connectivity index (χ2v) is 7.39. The highest BCUT2D eigenvalue weighted by Crippen LogP contribution is 2.41. The molecule has 0 radical (unpaired) electrons. The molecule has 2 N–H and O–H groups in total. The van der Waals surface area contributed by atoms with E-state index in [0.717, 1.165) is 44.6 Å². The van der Waals surface area contributed by atoms with Crippen molar-refractivity contribution in [2.24, 2.45) is 7.05 Å². The summed E-state index contributed by atoms with van der Waals surface area (Å²) in [5.74, 6) is 1.43. The predicted molar refractivity (Wildman–Crippen MR) is 122 cm³/mol. The normalized spacial score (nSPS) is 11.2. The molecule has 3 aromatic heterocycles. The number of nitrogens with two attached hydrogens (primary N) is 1. The van der Waals surface area contributed by atoms with Gasteiger partial charge in [0, 0.05) is 23.7 Å². The molecular weight excluding hydrogens is 388 g/mol. The molecule has 0 bridgehead atoms. The van der Waals surface area contributed by atoms with Crippen LogP contribution in [0.25, 0.3) is 50.4 Å². The molecule has 5 rings (SSSR count). The van der Waals surface area contributed by atoms with E-state index in [-0.39, 0.29) is 0 Å². The minimum atomic E-state index is 0.438. The third-order valence-corrected chi connectivity index (χ3v) is 5.27. The first-order valence-corrected chi connectivity index (χ1v) is 9.79. The van der Waals surface area contributed by atoms with Gasteiger partial charge >= 0.3 is 0 Å². The summed E-state index contributed by atoms with van der Waals surface area (Å²) in [6.07, 6.45) is 1.49. The molecule has 0 unspecified atom stereocenters. The van der Waals surface area contributed by atoms with Crippen LogP contribution in [0.15, 0.2) is 72.0 Å². The molecule has 0 fully saturated rings. The highest BCUT2D eigenvalue weighted by molar-refractivity contribution is 6.07. The number of fused-ring (bicyclic) bond motifs is 1. The Labute approximate surface area is 178 Å². The first-order chi connectivity index (χ1) is 15.0. The van der Waals surface area contributed by atoms with Crippen LogP contribution in [0.1, 0.15) is 12.8 Å². The number of aromatic nitrogens is 5. The van der Waals surface area contributed by atoms with Crippen molar-refractivity contribution in [2.75, 3.05) is 5.73 Å². The molecule has 7 heteroatoms. The Morgan fingerprint density at radius 2 is 1.68 bits per heavy atom. The van der Waals surface area contributed by atoms with Gasteiger partial charge in [-0.25, -0.2) is 9.97 Å². The van der Waals surface area contributed by atoms with Crippen molar-refractivity contribution in [1.29, 1.82) is 0 Å². The van der Waals surface area contributed by atoms with E-state index >= 15 is 0 Å². The fourth-order valence-electron chi connectivity index (χ4n) is 3.79. The first kappa shape index (κ1) is 18.7. The monoisotopic (exact) mass is 408 g/mol. The largest absolute Gasteiger partial charge is 0.383 e. The zero-order chi connectivity index (χ0) is 21.5. The summed E-state index contributed by atoms with van der Waals surface area (Å²) in [5, 5.41) is 4.90. The summed E-state index contributed by atoms with van der Waals surface area (Å²) in [5.41, 5.74) is 12.8. The number of allylic oxidation sites excluding steroid dienone is 1. The fraction of sp³-hybridized carbons (Fsp3) is 0.0833. The maximum Gasteiger partial charge on any atom is 0.253 e.